The van der Waals surface area contributed by atoms with Crippen molar-refractivity contribution >= 4 is 5.82 Å². The summed E-state index contributed by atoms with van der Waals surface area (Å²) in [7, 11) is 0. The molecule has 1 spiro atoms. The monoisotopic (exact) mass is 276 g/mol. The van der Waals surface area contributed by atoms with Crippen molar-refractivity contribution in [1.29, 1.82) is 0 Å². The molecule has 20 heavy (non-hydrogen) atoms. The first-order chi connectivity index (χ1) is 9.67. The van der Waals surface area contributed by atoms with E-state index >= 15 is 0 Å². The molecule has 1 aromatic heterocycles. The Bertz CT molecular complexity index is 470. The number of nitrogen functional groups attached to an aromatic ring is 1. The van der Waals surface area contributed by atoms with Crippen LogP contribution in [0.5, 0.6) is 5.75 Å². The van der Waals surface area contributed by atoms with Crippen LogP contribution in [0.3, 0.4) is 0 Å². The number of nitrogens with zero attached hydrogens (tertiary/aromatic N) is 1. The molecule has 1 unspecified atom stereocenters. The summed E-state index contributed by atoms with van der Waals surface area (Å²) in [5.74, 6) is 1.14. The third-order valence-corrected chi connectivity index (χ3v) is 4.55. The molecule has 2 heterocycles. The molecule has 1 saturated heterocycles. The van der Waals surface area contributed by atoms with Crippen LogP contribution in [0.4, 0.5) is 5.82 Å². The minimum absolute atomic E-state index is 0.156. The highest BCUT2D eigenvalue weighted by molar-refractivity contribution is 5.46. The molecule has 2 aliphatic rings. The average molecular weight is 276 g/mol. The fourth-order valence-corrected chi connectivity index (χ4v) is 3.45. The zero-order valence-corrected chi connectivity index (χ0v) is 12.2. The summed E-state index contributed by atoms with van der Waals surface area (Å²) >= 11 is 0. The van der Waals surface area contributed by atoms with Gasteiger partial charge in [-0.15, -0.1) is 0 Å². The van der Waals surface area contributed by atoms with Crippen molar-refractivity contribution in [3.63, 3.8) is 0 Å². The Balaban J connectivity index is 1.54. The van der Waals surface area contributed by atoms with Crippen LogP contribution in [0, 0.1) is 6.92 Å². The lowest BCUT2D eigenvalue weighted by molar-refractivity contribution is -0.0748. The van der Waals surface area contributed by atoms with E-state index in [1.807, 2.05) is 19.1 Å². The molecule has 1 aromatic rings. The van der Waals surface area contributed by atoms with Crippen molar-refractivity contribution in [2.75, 3.05) is 12.3 Å². The van der Waals surface area contributed by atoms with E-state index in [0.717, 1.165) is 12.1 Å². The molecule has 1 atom stereocenters. The number of anilines is 1. The number of nitrogens with two attached hydrogens (primary N) is 1. The minimum atomic E-state index is 0.156. The van der Waals surface area contributed by atoms with E-state index in [9.17, 15) is 0 Å². The summed E-state index contributed by atoms with van der Waals surface area (Å²) < 4.78 is 12.1. The number of hydrogen-bond acceptors (Lipinski definition) is 4. The van der Waals surface area contributed by atoms with Crippen molar-refractivity contribution in [1.82, 2.24) is 4.98 Å². The van der Waals surface area contributed by atoms with Gasteiger partial charge in [-0.25, -0.2) is 4.98 Å². The summed E-state index contributed by atoms with van der Waals surface area (Å²) in [5, 5.41) is 0. The summed E-state index contributed by atoms with van der Waals surface area (Å²) in [4.78, 5) is 4.21. The SMILES string of the molecule is Cc1ccc(OCC2CCC3(CCCCC3)O2)c(N)n1. The van der Waals surface area contributed by atoms with Crippen molar-refractivity contribution < 1.29 is 9.47 Å². The number of rotatable bonds is 3. The summed E-state index contributed by atoms with van der Waals surface area (Å²) in [6.07, 6.45) is 8.90. The van der Waals surface area contributed by atoms with Gasteiger partial charge in [0.05, 0.1) is 11.7 Å². The lowest BCUT2D eigenvalue weighted by Crippen LogP contribution is -2.32. The summed E-state index contributed by atoms with van der Waals surface area (Å²) in [6, 6.07) is 3.81. The van der Waals surface area contributed by atoms with Gasteiger partial charge in [0.15, 0.2) is 11.6 Å². The maximum Gasteiger partial charge on any atom is 0.166 e. The number of hydrogen-bond donors (Lipinski definition) is 1. The van der Waals surface area contributed by atoms with Gasteiger partial charge in [-0.05, 0) is 44.7 Å². The highest BCUT2D eigenvalue weighted by Crippen LogP contribution is 2.42. The zero-order chi connectivity index (χ0) is 14.0. The average Bonchev–Trinajstić information content (AvgIpc) is 2.82. The highest BCUT2D eigenvalue weighted by atomic mass is 16.6. The molecule has 4 heteroatoms. The Kier molecular flexibility index (Phi) is 3.83. The Labute approximate surface area is 120 Å². The normalized spacial score (nSPS) is 24.9. The second-order valence-corrected chi connectivity index (χ2v) is 6.17. The maximum atomic E-state index is 6.29. The largest absolute Gasteiger partial charge is 0.487 e. The molecule has 2 fully saturated rings. The standard InChI is InChI=1S/C16H24N2O2/c1-12-5-6-14(15(17)18-12)19-11-13-7-10-16(20-13)8-3-2-4-9-16/h5-6,13H,2-4,7-11H2,1H3,(H2,17,18). The topological polar surface area (TPSA) is 57.4 Å². The van der Waals surface area contributed by atoms with Gasteiger partial charge in [0, 0.05) is 5.69 Å². The van der Waals surface area contributed by atoms with Gasteiger partial charge in [0.1, 0.15) is 6.61 Å². The third-order valence-electron chi connectivity index (χ3n) is 4.55. The lowest BCUT2D eigenvalue weighted by atomic mass is 9.83. The Hall–Kier alpha value is -1.29. The molecule has 0 amide bonds. The molecule has 1 aliphatic heterocycles. The molecular weight excluding hydrogens is 252 g/mol. The molecule has 1 aliphatic carbocycles. The van der Waals surface area contributed by atoms with E-state index in [0.29, 0.717) is 18.2 Å². The molecule has 110 valence electrons. The van der Waals surface area contributed by atoms with Crippen LogP contribution in [0.2, 0.25) is 0 Å². The number of aromatic nitrogens is 1. The minimum Gasteiger partial charge on any atom is -0.487 e. The first-order valence-corrected chi connectivity index (χ1v) is 7.71. The van der Waals surface area contributed by atoms with Crippen molar-refractivity contribution in [2.24, 2.45) is 0 Å². The fourth-order valence-electron chi connectivity index (χ4n) is 3.45. The van der Waals surface area contributed by atoms with Crippen LogP contribution >= 0.6 is 0 Å². The van der Waals surface area contributed by atoms with Crippen LogP contribution in [-0.4, -0.2) is 23.3 Å². The second-order valence-electron chi connectivity index (χ2n) is 6.17. The molecule has 4 nitrogen and oxygen atoms in total. The van der Waals surface area contributed by atoms with Crippen LogP contribution in [0.25, 0.3) is 0 Å². The highest BCUT2D eigenvalue weighted by Gasteiger charge is 2.40. The molecule has 2 N–H and O–H groups in total. The van der Waals surface area contributed by atoms with Gasteiger partial charge in [-0.3, -0.25) is 0 Å². The molecular formula is C16H24N2O2. The quantitative estimate of drug-likeness (QED) is 0.920. The van der Waals surface area contributed by atoms with Crippen LogP contribution in [0.1, 0.15) is 50.6 Å². The van der Waals surface area contributed by atoms with Crippen molar-refractivity contribution in [2.45, 2.75) is 63.6 Å². The fraction of sp³-hybridized carbons (Fsp3) is 0.688. The predicted molar refractivity (Wildman–Crippen MR) is 78.8 cm³/mol. The molecule has 3 rings (SSSR count). The van der Waals surface area contributed by atoms with Gasteiger partial charge in [-0.2, -0.15) is 0 Å². The van der Waals surface area contributed by atoms with Crippen molar-refractivity contribution in [3.8, 4) is 5.75 Å². The van der Waals surface area contributed by atoms with E-state index in [1.165, 1.54) is 38.5 Å². The molecule has 1 saturated carbocycles. The lowest BCUT2D eigenvalue weighted by Gasteiger charge is -2.33. The number of aryl methyl sites for hydroxylation is 1. The van der Waals surface area contributed by atoms with Gasteiger partial charge in [0.25, 0.3) is 0 Å². The van der Waals surface area contributed by atoms with Gasteiger partial charge < -0.3 is 15.2 Å². The van der Waals surface area contributed by atoms with E-state index in [2.05, 4.69) is 4.98 Å². The van der Waals surface area contributed by atoms with Crippen LogP contribution in [0.15, 0.2) is 12.1 Å². The van der Waals surface area contributed by atoms with E-state index in [4.69, 9.17) is 15.2 Å². The van der Waals surface area contributed by atoms with E-state index in [1.54, 1.807) is 0 Å². The predicted octanol–water partition coefficient (Wildman–Crippen LogP) is 3.23. The van der Waals surface area contributed by atoms with Gasteiger partial charge >= 0.3 is 0 Å². The zero-order valence-electron chi connectivity index (χ0n) is 12.2. The molecule has 0 bridgehead atoms. The van der Waals surface area contributed by atoms with Crippen LogP contribution in [-0.2, 0) is 4.74 Å². The summed E-state index contributed by atoms with van der Waals surface area (Å²) in [5.41, 5.74) is 6.93. The van der Waals surface area contributed by atoms with Crippen LogP contribution < -0.4 is 10.5 Å². The van der Waals surface area contributed by atoms with Crippen molar-refractivity contribution in [3.05, 3.63) is 17.8 Å². The Morgan fingerprint density at radius 1 is 1.30 bits per heavy atom. The maximum absolute atomic E-state index is 6.29. The first kappa shape index (κ1) is 13.7. The second kappa shape index (κ2) is 5.60. The smallest absolute Gasteiger partial charge is 0.166 e. The van der Waals surface area contributed by atoms with Gasteiger partial charge in [0.2, 0.25) is 0 Å². The van der Waals surface area contributed by atoms with E-state index in [-0.39, 0.29) is 11.7 Å². The summed E-state index contributed by atoms with van der Waals surface area (Å²) in [6.45, 7) is 2.50. The van der Waals surface area contributed by atoms with Gasteiger partial charge in [-0.1, -0.05) is 19.3 Å². The first-order valence-electron chi connectivity index (χ1n) is 7.71. The Morgan fingerprint density at radius 3 is 2.85 bits per heavy atom. The third kappa shape index (κ3) is 2.90. The number of ether oxygens (including phenoxy) is 2. The molecule has 0 radical (unpaired) electrons. The van der Waals surface area contributed by atoms with E-state index < -0.39 is 0 Å². The Morgan fingerprint density at radius 2 is 2.10 bits per heavy atom. The number of pyridine rings is 1. The molecule has 0 aromatic carbocycles.